The van der Waals surface area contributed by atoms with E-state index in [9.17, 15) is 0 Å². The molecule has 0 aliphatic carbocycles. The second-order valence-corrected chi connectivity index (χ2v) is 4.22. The van der Waals surface area contributed by atoms with E-state index < -0.39 is 0 Å². The van der Waals surface area contributed by atoms with Crippen molar-refractivity contribution in [2.24, 2.45) is 5.73 Å². The molecule has 0 aliphatic rings. The first kappa shape index (κ1) is 14.2. The fraction of sp³-hybridized carbons (Fsp3) is 1.00. The standard InChI is InChI=1S/C9H24N4S/c1-9(14)8-13-7-6-12-5-4-11-3-2-10/h9,11-14H,2-8,10H2,1H3. The molecule has 1 unspecified atom stereocenters. The number of nitrogens with one attached hydrogen (secondary N) is 3. The largest absolute Gasteiger partial charge is 0.329 e. The lowest BCUT2D eigenvalue weighted by Crippen LogP contribution is -2.35. The van der Waals surface area contributed by atoms with Crippen LogP contribution in [0.1, 0.15) is 6.92 Å². The molecule has 0 aromatic rings. The zero-order valence-electron chi connectivity index (χ0n) is 9.05. The van der Waals surface area contributed by atoms with Crippen LogP contribution in [0.15, 0.2) is 0 Å². The molecule has 5 N–H and O–H groups in total. The van der Waals surface area contributed by atoms with Gasteiger partial charge in [-0.05, 0) is 0 Å². The van der Waals surface area contributed by atoms with Gasteiger partial charge in [-0.25, -0.2) is 0 Å². The van der Waals surface area contributed by atoms with Gasteiger partial charge in [0.15, 0.2) is 0 Å². The van der Waals surface area contributed by atoms with Gasteiger partial charge in [-0.15, -0.1) is 0 Å². The van der Waals surface area contributed by atoms with Crippen LogP contribution in [-0.4, -0.2) is 51.1 Å². The van der Waals surface area contributed by atoms with Crippen molar-refractivity contribution in [2.75, 3.05) is 45.8 Å². The Balaban J connectivity index is 2.85. The summed E-state index contributed by atoms with van der Waals surface area (Å²) in [6.45, 7) is 8.65. The molecule has 0 amide bonds. The molecule has 0 heterocycles. The summed E-state index contributed by atoms with van der Waals surface area (Å²) < 4.78 is 0. The molecular formula is C9H24N4S. The van der Waals surface area contributed by atoms with Crippen molar-refractivity contribution in [3.8, 4) is 0 Å². The Bertz CT molecular complexity index is 111. The molecule has 0 aliphatic heterocycles. The summed E-state index contributed by atoms with van der Waals surface area (Å²) in [6, 6.07) is 0. The molecule has 0 fully saturated rings. The first-order chi connectivity index (χ1) is 6.77. The van der Waals surface area contributed by atoms with Crippen molar-refractivity contribution in [2.45, 2.75) is 12.2 Å². The van der Waals surface area contributed by atoms with Crippen molar-refractivity contribution in [3.63, 3.8) is 0 Å². The summed E-state index contributed by atoms with van der Waals surface area (Å²) in [4.78, 5) is 0. The lowest BCUT2D eigenvalue weighted by Gasteiger charge is -2.08. The second-order valence-electron chi connectivity index (χ2n) is 3.34. The van der Waals surface area contributed by atoms with Crippen LogP contribution >= 0.6 is 12.6 Å². The third-order valence-electron chi connectivity index (χ3n) is 1.72. The van der Waals surface area contributed by atoms with Crippen LogP contribution in [0.25, 0.3) is 0 Å². The minimum atomic E-state index is 0.432. The second kappa shape index (κ2) is 11.3. The molecule has 0 spiro atoms. The molecule has 1 atom stereocenters. The molecular weight excluding hydrogens is 196 g/mol. The fourth-order valence-corrected chi connectivity index (χ4v) is 1.15. The Hall–Kier alpha value is 0.190. The van der Waals surface area contributed by atoms with Gasteiger partial charge in [0.2, 0.25) is 0 Å². The van der Waals surface area contributed by atoms with Crippen molar-refractivity contribution in [3.05, 3.63) is 0 Å². The van der Waals surface area contributed by atoms with Crippen LogP contribution in [-0.2, 0) is 0 Å². The van der Waals surface area contributed by atoms with Crippen LogP contribution in [0.5, 0.6) is 0 Å². The van der Waals surface area contributed by atoms with E-state index >= 15 is 0 Å². The maximum atomic E-state index is 5.34. The molecule has 4 nitrogen and oxygen atoms in total. The van der Waals surface area contributed by atoms with E-state index in [1.807, 2.05) is 0 Å². The summed E-state index contributed by atoms with van der Waals surface area (Å²) in [5, 5.41) is 10.3. The lowest BCUT2D eigenvalue weighted by atomic mass is 10.4. The maximum absolute atomic E-state index is 5.34. The van der Waals surface area contributed by atoms with Gasteiger partial charge in [-0.2, -0.15) is 12.6 Å². The minimum Gasteiger partial charge on any atom is -0.329 e. The molecule has 0 radical (unpaired) electrons. The summed E-state index contributed by atoms with van der Waals surface area (Å²) in [5.41, 5.74) is 5.34. The van der Waals surface area contributed by atoms with Crippen LogP contribution in [0.2, 0.25) is 0 Å². The summed E-state index contributed by atoms with van der Waals surface area (Å²) in [7, 11) is 0. The Morgan fingerprint density at radius 2 is 1.50 bits per heavy atom. The molecule has 14 heavy (non-hydrogen) atoms. The fourth-order valence-electron chi connectivity index (χ4n) is 1.02. The molecule has 0 bridgehead atoms. The van der Waals surface area contributed by atoms with Crippen molar-refractivity contribution in [1.29, 1.82) is 0 Å². The van der Waals surface area contributed by atoms with E-state index in [1.165, 1.54) is 0 Å². The summed E-state index contributed by atoms with van der Waals surface area (Å²) in [6.07, 6.45) is 0. The zero-order chi connectivity index (χ0) is 10.6. The van der Waals surface area contributed by atoms with Gasteiger partial charge < -0.3 is 21.7 Å². The highest BCUT2D eigenvalue weighted by molar-refractivity contribution is 7.80. The van der Waals surface area contributed by atoms with Gasteiger partial charge in [-0.1, -0.05) is 6.92 Å². The van der Waals surface area contributed by atoms with E-state index in [0.717, 1.165) is 39.3 Å². The van der Waals surface area contributed by atoms with E-state index in [-0.39, 0.29) is 0 Å². The van der Waals surface area contributed by atoms with Crippen LogP contribution in [0, 0.1) is 0 Å². The van der Waals surface area contributed by atoms with Gasteiger partial charge in [0, 0.05) is 51.1 Å². The first-order valence-corrected chi connectivity index (χ1v) is 5.79. The Labute approximate surface area is 92.8 Å². The lowest BCUT2D eigenvalue weighted by molar-refractivity contribution is 0.584. The van der Waals surface area contributed by atoms with E-state index in [0.29, 0.717) is 11.8 Å². The first-order valence-electron chi connectivity index (χ1n) is 5.27. The number of thiol groups is 1. The third-order valence-corrected chi connectivity index (χ3v) is 1.90. The van der Waals surface area contributed by atoms with Gasteiger partial charge in [0.1, 0.15) is 0 Å². The predicted octanol–water partition coefficient (Wildman–Crippen LogP) is -0.968. The Morgan fingerprint density at radius 1 is 1.00 bits per heavy atom. The SMILES string of the molecule is CC(S)CNCCNCCNCCN. The molecule has 86 valence electrons. The van der Waals surface area contributed by atoms with Gasteiger partial charge in [0.05, 0.1) is 0 Å². The molecule has 0 saturated heterocycles. The Kier molecular flexibility index (Phi) is 11.4. The van der Waals surface area contributed by atoms with Crippen LogP contribution in [0.3, 0.4) is 0 Å². The molecule has 0 saturated carbocycles. The number of hydrogen-bond acceptors (Lipinski definition) is 5. The normalized spacial score (nSPS) is 13.1. The molecule has 5 heteroatoms. The zero-order valence-corrected chi connectivity index (χ0v) is 9.95. The summed E-state index contributed by atoms with van der Waals surface area (Å²) >= 11 is 4.28. The van der Waals surface area contributed by atoms with Crippen LogP contribution < -0.4 is 21.7 Å². The number of hydrogen-bond donors (Lipinski definition) is 5. The highest BCUT2D eigenvalue weighted by atomic mass is 32.1. The highest BCUT2D eigenvalue weighted by Crippen LogP contribution is 1.86. The van der Waals surface area contributed by atoms with E-state index in [1.54, 1.807) is 0 Å². The minimum absolute atomic E-state index is 0.432. The molecule has 0 aromatic heterocycles. The quantitative estimate of drug-likeness (QED) is 0.243. The topological polar surface area (TPSA) is 62.1 Å². The highest BCUT2D eigenvalue weighted by Gasteiger charge is 1.92. The number of rotatable bonds is 10. The Morgan fingerprint density at radius 3 is 2.00 bits per heavy atom. The monoisotopic (exact) mass is 220 g/mol. The smallest absolute Gasteiger partial charge is 0.0113 e. The molecule has 0 aromatic carbocycles. The van der Waals surface area contributed by atoms with Gasteiger partial charge >= 0.3 is 0 Å². The van der Waals surface area contributed by atoms with E-state index in [2.05, 4.69) is 35.5 Å². The summed E-state index contributed by atoms with van der Waals surface area (Å²) in [5.74, 6) is 0. The van der Waals surface area contributed by atoms with Crippen molar-refractivity contribution < 1.29 is 0 Å². The van der Waals surface area contributed by atoms with Crippen molar-refractivity contribution >= 4 is 12.6 Å². The van der Waals surface area contributed by atoms with E-state index in [4.69, 9.17) is 5.73 Å². The van der Waals surface area contributed by atoms with Crippen molar-refractivity contribution in [1.82, 2.24) is 16.0 Å². The number of nitrogens with two attached hydrogens (primary N) is 1. The maximum Gasteiger partial charge on any atom is 0.0113 e. The van der Waals surface area contributed by atoms with Gasteiger partial charge in [-0.3, -0.25) is 0 Å². The average Bonchev–Trinajstić information content (AvgIpc) is 2.15. The van der Waals surface area contributed by atoms with Gasteiger partial charge in [0.25, 0.3) is 0 Å². The predicted molar refractivity (Wildman–Crippen MR) is 66.1 cm³/mol. The van der Waals surface area contributed by atoms with Crippen LogP contribution in [0.4, 0.5) is 0 Å². The average molecular weight is 220 g/mol. The third kappa shape index (κ3) is 12.2. The molecule has 0 rings (SSSR count).